The molecule has 104 valence electrons. The van der Waals surface area contributed by atoms with E-state index in [1.165, 1.54) is 0 Å². The van der Waals surface area contributed by atoms with Crippen LogP contribution in [-0.2, 0) is 0 Å². The summed E-state index contributed by atoms with van der Waals surface area (Å²) in [4.78, 5) is 0. The molecule has 0 aromatic carbocycles. The Hall–Kier alpha value is 0.457. The number of hydrogen-bond acceptors (Lipinski definition) is 0. The second kappa shape index (κ2) is 4.24. The Morgan fingerprint density at radius 1 is 0.588 bits per heavy atom. The van der Waals surface area contributed by atoms with Crippen molar-refractivity contribution in [1.82, 2.24) is 0 Å². The van der Waals surface area contributed by atoms with Gasteiger partial charge in [-0.3, -0.25) is 0 Å². The molecule has 0 unspecified atom stereocenters. The average molecular weight is 353 g/mol. The van der Waals surface area contributed by atoms with Crippen molar-refractivity contribution < 1.29 is 39.5 Å². The SMILES string of the molecule is FC(F)(F)C(F)(F)C(F)(F)C(F)(F)[Si](Cl)(Cl)Cl. The molecule has 0 bridgehead atoms. The van der Waals surface area contributed by atoms with E-state index in [-0.39, 0.29) is 0 Å². The first-order chi connectivity index (χ1) is 7.00. The summed E-state index contributed by atoms with van der Waals surface area (Å²) in [5.41, 5.74) is -6.09. The molecule has 0 nitrogen and oxygen atoms in total. The first-order valence-corrected chi connectivity index (χ1v) is 8.30. The number of rotatable bonds is 3. The van der Waals surface area contributed by atoms with Crippen LogP contribution >= 0.6 is 33.2 Å². The number of halogens is 12. The zero-order valence-electron chi connectivity index (χ0n) is 7.04. The molecule has 0 heterocycles. The lowest BCUT2D eigenvalue weighted by Crippen LogP contribution is -2.66. The van der Waals surface area contributed by atoms with Crippen LogP contribution in [0.2, 0.25) is 0 Å². The third kappa shape index (κ3) is 2.59. The van der Waals surface area contributed by atoms with Gasteiger partial charge in [-0.2, -0.15) is 39.5 Å². The first-order valence-electron chi connectivity index (χ1n) is 3.27. The van der Waals surface area contributed by atoms with Crippen LogP contribution in [0.25, 0.3) is 0 Å². The van der Waals surface area contributed by atoms with Gasteiger partial charge in [0.2, 0.25) is 0 Å². The van der Waals surface area contributed by atoms with Gasteiger partial charge in [0.1, 0.15) is 0 Å². The number of hydrogen-bond donors (Lipinski definition) is 0. The van der Waals surface area contributed by atoms with E-state index in [1.807, 2.05) is 0 Å². The van der Waals surface area contributed by atoms with Crippen LogP contribution < -0.4 is 0 Å². The molecule has 0 atom stereocenters. The number of alkyl halides is 9. The lowest BCUT2D eigenvalue weighted by atomic mass is 10.1. The lowest BCUT2D eigenvalue weighted by Gasteiger charge is -2.35. The van der Waals surface area contributed by atoms with Crippen LogP contribution in [0.3, 0.4) is 0 Å². The van der Waals surface area contributed by atoms with Crippen LogP contribution in [0, 0.1) is 0 Å². The molecule has 0 radical (unpaired) electrons. The van der Waals surface area contributed by atoms with Crippen molar-refractivity contribution in [3.63, 3.8) is 0 Å². The highest BCUT2D eigenvalue weighted by Gasteiger charge is 2.86. The molecule has 13 heteroatoms. The third-order valence-electron chi connectivity index (χ3n) is 1.50. The van der Waals surface area contributed by atoms with Crippen molar-refractivity contribution in [2.45, 2.75) is 23.6 Å². The van der Waals surface area contributed by atoms with Crippen LogP contribution in [0.5, 0.6) is 0 Å². The van der Waals surface area contributed by atoms with Gasteiger partial charge in [-0.1, -0.05) is 0 Å². The smallest absolute Gasteiger partial charge is 0.200 e. The predicted molar refractivity (Wildman–Crippen MR) is 44.2 cm³/mol. The van der Waals surface area contributed by atoms with Crippen molar-refractivity contribution in [2.24, 2.45) is 0 Å². The largest absolute Gasteiger partial charge is 0.460 e. The molecule has 0 N–H and O–H groups in total. The van der Waals surface area contributed by atoms with Gasteiger partial charge in [-0.15, -0.1) is 33.2 Å². The van der Waals surface area contributed by atoms with Crippen LogP contribution in [0.15, 0.2) is 0 Å². The molecule has 0 aliphatic heterocycles. The molecule has 0 saturated heterocycles. The van der Waals surface area contributed by atoms with Gasteiger partial charge in [-0.05, 0) is 0 Å². The molecule has 0 aliphatic carbocycles. The minimum atomic E-state index is -7.03. The fourth-order valence-corrected chi connectivity index (χ4v) is 2.13. The van der Waals surface area contributed by atoms with E-state index >= 15 is 0 Å². The van der Waals surface area contributed by atoms with E-state index in [4.69, 9.17) is 0 Å². The Morgan fingerprint density at radius 2 is 0.882 bits per heavy atom. The summed E-state index contributed by atoms with van der Waals surface area (Å²) < 4.78 is 110. The fourth-order valence-electron chi connectivity index (χ4n) is 0.553. The summed E-state index contributed by atoms with van der Waals surface area (Å²) in [6.45, 7) is 0. The Labute approximate surface area is 103 Å². The molecule has 0 fully saturated rings. The zero-order valence-corrected chi connectivity index (χ0v) is 10.3. The summed E-state index contributed by atoms with van der Waals surface area (Å²) in [6, 6.07) is -5.86. The Kier molecular flexibility index (Phi) is 4.35. The summed E-state index contributed by atoms with van der Waals surface area (Å²) in [5.74, 6) is -13.9. The van der Waals surface area contributed by atoms with E-state index in [0.717, 1.165) is 0 Å². The molecule has 0 aliphatic rings. The second-order valence-corrected chi connectivity index (χ2v) is 11.2. The quantitative estimate of drug-likeness (QED) is 0.394. The minimum absolute atomic E-state index is 4.40. The lowest BCUT2D eigenvalue weighted by molar-refractivity contribution is -0.383. The van der Waals surface area contributed by atoms with Gasteiger partial charge in [-0.25, -0.2) is 0 Å². The van der Waals surface area contributed by atoms with Crippen molar-refractivity contribution in [3.8, 4) is 0 Å². The molecule has 0 aromatic heterocycles. The molecule has 0 rings (SSSR count). The summed E-state index contributed by atoms with van der Waals surface area (Å²) in [5, 5.41) is 0. The normalized spacial score (nSPS) is 16.2. The highest BCUT2D eigenvalue weighted by atomic mass is 35.8. The molecular weight excluding hydrogens is 353 g/mol. The van der Waals surface area contributed by atoms with Gasteiger partial charge in [0.05, 0.1) is 0 Å². The molecule has 0 amide bonds. The van der Waals surface area contributed by atoms with Crippen LogP contribution in [0.4, 0.5) is 39.5 Å². The Morgan fingerprint density at radius 3 is 1.06 bits per heavy atom. The maximum Gasteiger partial charge on any atom is 0.460 e. The maximum absolute atomic E-state index is 12.7. The van der Waals surface area contributed by atoms with Crippen molar-refractivity contribution in [2.75, 3.05) is 0 Å². The molecule has 0 spiro atoms. The second-order valence-electron chi connectivity index (χ2n) is 2.72. The molecule has 17 heavy (non-hydrogen) atoms. The standard InChI is InChI=1S/C4Cl3F9Si/c5-17(6,7)4(15,16)2(10,11)1(8,9)3(12,13)14. The molecule has 0 saturated carbocycles. The predicted octanol–water partition coefficient (Wildman–Crippen LogP) is 4.65. The van der Waals surface area contributed by atoms with E-state index in [2.05, 4.69) is 33.2 Å². The third-order valence-corrected chi connectivity index (χ3v) is 4.66. The monoisotopic (exact) mass is 352 g/mol. The zero-order chi connectivity index (χ0) is 14.5. The average Bonchev–Trinajstić information content (AvgIpc) is 1.98. The van der Waals surface area contributed by atoms with E-state index < -0.39 is 29.6 Å². The highest BCUT2D eigenvalue weighted by Crippen LogP contribution is 2.57. The van der Waals surface area contributed by atoms with E-state index in [9.17, 15) is 39.5 Å². The van der Waals surface area contributed by atoms with Crippen molar-refractivity contribution >= 4 is 39.2 Å². The molecular formula is C4Cl3F9Si. The van der Waals surface area contributed by atoms with Crippen LogP contribution in [-0.4, -0.2) is 29.6 Å². The van der Waals surface area contributed by atoms with E-state index in [1.54, 1.807) is 0 Å². The summed E-state index contributed by atoms with van der Waals surface area (Å²) in [6.07, 6.45) is -6.91. The van der Waals surface area contributed by atoms with Crippen molar-refractivity contribution in [1.29, 1.82) is 0 Å². The maximum atomic E-state index is 12.7. The molecule has 0 aromatic rings. The first kappa shape index (κ1) is 17.5. The minimum Gasteiger partial charge on any atom is -0.200 e. The van der Waals surface area contributed by atoms with E-state index in [0.29, 0.717) is 0 Å². The fraction of sp³-hybridized carbons (Fsp3) is 1.00. The van der Waals surface area contributed by atoms with Gasteiger partial charge in [0.15, 0.2) is 0 Å². The van der Waals surface area contributed by atoms with Gasteiger partial charge < -0.3 is 0 Å². The van der Waals surface area contributed by atoms with Gasteiger partial charge >= 0.3 is 29.6 Å². The van der Waals surface area contributed by atoms with Gasteiger partial charge in [0, 0.05) is 0 Å². The highest BCUT2D eigenvalue weighted by molar-refractivity contribution is 7.65. The Balaban J connectivity index is 5.73. The Bertz CT molecular complexity index is 264. The summed E-state index contributed by atoms with van der Waals surface area (Å²) >= 11 is 13.2. The van der Waals surface area contributed by atoms with Crippen LogP contribution in [0.1, 0.15) is 0 Å². The topological polar surface area (TPSA) is 0 Å². The summed E-state index contributed by atoms with van der Waals surface area (Å²) in [7, 11) is 0. The van der Waals surface area contributed by atoms with Crippen molar-refractivity contribution in [3.05, 3.63) is 0 Å². The van der Waals surface area contributed by atoms with Gasteiger partial charge in [0.25, 0.3) is 0 Å².